The molecule has 6 nitrogen and oxygen atoms in total. The number of hydrogen-bond donors (Lipinski definition) is 3. The molecule has 1 aromatic carbocycles. The van der Waals surface area contributed by atoms with Gasteiger partial charge in [0.1, 0.15) is 0 Å². The first kappa shape index (κ1) is 17.9. The molecule has 0 aromatic heterocycles. The summed E-state index contributed by atoms with van der Waals surface area (Å²) in [6, 6.07) is 9.85. The Balaban J connectivity index is 1.88. The standard InChI is InChI=1S/C16H24N2O4S/c1-23(21,22)17-8-7-16(20)18-15(13-10-14(19)11-13)9-12-5-3-2-4-6-12/h2-6,13-15,17,19H,7-11H2,1H3,(H,18,20)/t13?,14?,15-/m1/s1. The third-order valence-electron chi connectivity index (χ3n) is 4.08. The Morgan fingerprint density at radius 3 is 2.52 bits per heavy atom. The highest BCUT2D eigenvalue weighted by atomic mass is 32.2. The molecule has 0 spiro atoms. The molecule has 0 radical (unpaired) electrons. The van der Waals surface area contributed by atoms with Gasteiger partial charge in [0, 0.05) is 19.0 Å². The van der Waals surface area contributed by atoms with Gasteiger partial charge in [0.15, 0.2) is 0 Å². The molecule has 0 heterocycles. The number of amides is 1. The predicted octanol–water partition coefficient (Wildman–Crippen LogP) is 0.424. The molecule has 1 aromatic rings. The Morgan fingerprint density at radius 2 is 1.96 bits per heavy atom. The minimum atomic E-state index is -3.28. The van der Waals surface area contributed by atoms with Crippen LogP contribution < -0.4 is 10.0 Å². The number of benzene rings is 1. The van der Waals surface area contributed by atoms with Crippen LogP contribution in [0, 0.1) is 5.92 Å². The number of aliphatic hydroxyl groups is 1. The van der Waals surface area contributed by atoms with Gasteiger partial charge in [-0.05, 0) is 30.7 Å². The summed E-state index contributed by atoms with van der Waals surface area (Å²) < 4.78 is 24.3. The van der Waals surface area contributed by atoms with Crippen molar-refractivity contribution in [2.75, 3.05) is 12.8 Å². The number of carbonyl (C=O) groups is 1. The fourth-order valence-electron chi connectivity index (χ4n) is 2.79. The van der Waals surface area contributed by atoms with E-state index in [1.807, 2.05) is 30.3 Å². The highest BCUT2D eigenvalue weighted by Gasteiger charge is 2.34. The molecular weight excluding hydrogens is 316 g/mol. The van der Waals surface area contributed by atoms with Gasteiger partial charge in [-0.1, -0.05) is 30.3 Å². The summed E-state index contributed by atoms with van der Waals surface area (Å²) in [7, 11) is -3.28. The lowest BCUT2D eigenvalue weighted by Gasteiger charge is -2.38. The van der Waals surface area contributed by atoms with Crippen molar-refractivity contribution in [3.8, 4) is 0 Å². The maximum Gasteiger partial charge on any atom is 0.221 e. The van der Waals surface area contributed by atoms with E-state index in [1.165, 1.54) is 0 Å². The maximum atomic E-state index is 12.0. The highest BCUT2D eigenvalue weighted by molar-refractivity contribution is 7.88. The number of aliphatic hydroxyl groups excluding tert-OH is 1. The van der Waals surface area contributed by atoms with E-state index in [0.29, 0.717) is 19.3 Å². The Hall–Kier alpha value is -1.44. The monoisotopic (exact) mass is 340 g/mol. The number of hydrogen-bond acceptors (Lipinski definition) is 4. The zero-order valence-corrected chi connectivity index (χ0v) is 14.1. The van der Waals surface area contributed by atoms with E-state index in [-0.39, 0.29) is 36.9 Å². The fourth-order valence-corrected chi connectivity index (χ4v) is 3.26. The number of sulfonamides is 1. The van der Waals surface area contributed by atoms with Crippen molar-refractivity contribution >= 4 is 15.9 Å². The summed E-state index contributed by atoms with van der Waals surface area (Å²) in [5, 5.41) is 12.5. The van der Waals surface area contributed by atoms with Gasteiger partial charge in [0.25, 0.3) is 0 Å². The molecule has 1 atom stereocenters. The zero-order chi connectivity index (χ0) is 16.9. The van der Waals surface area contributed by atoms with Crippen LogP contribution in [0.5, 0.6) is 0 Å². The first-order valence-corrected chi connectivity index (χ1v) is 9.68. The van der Waals surface area contributed by atoms with Gasteiger partial charge in [-0.2, -0.15) is 0 Å². The second kappa shape index (κ2) is 7.90. The van der Waals surface area contributed by atoms with E-state index < -0.39 is 10.0 Å². The minimum Gasteiger partial charge on any atom is -0.393 e. The molecule has 1 saturated carbocycles. The molecule has 0 unspecified atom stereocenters. The van der Waals surface area contributed by atoms with Crippen molar-refractivity contribution in [2.45, 2.75) is 37.8 Å². The third kappa shape index (κ3) is 6.29. The van der Waals surface area contributed by atoms with Gasteiger partial charge < -0.3 is 10.4 Å². The number of nitrogens with one attached hydrogen (secondary N) is 2. The summed E-state index contributed by atoms with van der Waals surface area (Å²) in [5.41, 5.74) is 1.13. The average molecular weight is 340 g/mol. The molecule has 1 fully saturated rings. The molecule has 0 saturated heterocycles. The van der Waals surface area contributed by atoms with E-state index in [1.54, 1.807) is 0 Å². The number of rotatable bonds is 8. The van der Waals surface area contributed by atoms with Gasteiger partial charge in [-0.3, -0.25) is 4.79 Å². The van der Waals surface area contributed by atoms with E-state index in [0.717, 1.165) is 11.8 Å². The molecular formula is C16H24N2O4S. The van der Waals surface area contributed by atoms with E-state index in [2.05, 4.69) is 10.0 Å². The van der Waals surface area contributed by atoms with Crippen molar-refractivity contribution in [1.82, 2.24) is 10.0 Å². The van der Waals surface area contributed by atoms with Crippen LogP contribution in [0.3, 0.4) is 0 Å². The maximum absolute atomic E-state index is 12.0. The largest absolute Gasteiger partial charge is 0.393 e. The van der Waals surface area contributed by atoms with Crippen LogP contribution in [0.15, 0.2) is 30.3 Å². The molecule has 0 aliphatic heterocycles. The van der Waals surface area contributed by atoms with E-state index in [4.69, 9.17) is 0 Å². The lowest BCUT2D eigenvalue weighted by Crippen LogP contribution is -2.48. The van der Waals surface area contributed by atoms with E-state index >= 15 is 0 Å². The van der Waals surface area contributed by atoms with Gasteiger partial charge in [0.2, 0.25) is 15.9 Å². The van der Waals surface area contributed by atoms with Gasteiger partial charge in [0.05, 0.1) is 12.4 Å². The molecule has 0 bridgehead atoms. The van der Waals surface area contributed by atoms with Crippen molar-refractivity contribution in [2.24, 2.45) is 5.92 Å². The van der Waals surface area contributed by atoms with Crippen molar-refractivity contribution < 1.29 is 18.3 Å². The molecule has 128 valence electrons. The van der Waals surface area contributed by atoms with Crippen molar-refractivity contribution in [3.63, 3.8) is 0 Å². The molecule has 7 heteroatoms. The zero-order valence-electron chi connectivity index (χ0n) is 13.2. The van der Waals surface area contributed by atoms with Crippen LogP contribution in [-0.2, 0) is 21.2 Å². The molecule has 23 heavy (non-hydrogen) atoms. The molecule has 2 rings (SSSR count). The second-order valence-electron chi connectivity index (χ2n) is 6.17. The predicted molar refractivity (Wildman–Crippen MR) is 88.3 cm³/mol. The summed E-state index contributed by atoms with van der Waals surface area (Å²) in [5.74, 6) is 0.0838. The van der Waals surface area contributed by atoms with E-state index in [9.17, 15) is 18.3 Å². The van der Waals surface area contributed by atoms with Crippen LogP contribution in [-0.4, -0.2) is 44.4 Å². The Morgan fingerprint density at radius 1 is 1.30 bits per heavy atom. The van der Waals surface area contributed by atoms with Gasteiger partial charge in [-0.25, -0.2) is 13.1 Å². The Bertz CT molecular complexity index is 612. The quantitative estimate of drug-likeness (QED) is 0.639. The normalized spacial score (nSPS) is 22.2. The molecule has 3 N–H and O–H groups in total. The topological polar surface area (TPSA) is 95.5 Å². The number of carbonyl (C=O) groups excluding carboxylic acids is 1. The Labute approximate surface area is 137 Å². The van der Waals surface area contributed by atoms with Crippen LogP contribution in [0.1, 0.15) is 24.8 Å². The van der Waals surface area contributed by atoms with Crippen LogP contribution in [0.25, 0.3) is 0 Å². The summed E-state index contributed by atoms with van der Waals surface area (Å²) in [6.45, 7) is 0.0933. The van der Waals surface area contributed by atoms with Crippen molar-refractivity contribution in [3.05, 3.63) is 35.9 Å². The van der Waals surface area contributed by atoms with Gasteiger partial charge >= 0.3 is 0 Å². The average Bonchev–Trinajstić information content (AvgIpc) is 2.43. The minimum absolute atomic E-state index is 0.0356. The van der Waals surface area contributed by atoms with Crippen molar-refractivity contribution in [1.29, 1.82) is 0 Å². The summed E-state index contributed by atoms with van der Waals surface area (Å²) in [6.07, 6.45) is 3.00. The fraction of sp³-hybridized carbons (Fsp3) is 0.562. The smallest absolute Gasteiger partial charge is 0.221 e. The van der Waals surface area contributed by atoms with Gasteiger partial charge in [-0.15, -0.1) is 0 Å². The SMILES string of the molecule is CS(=O)(=O)NCCC(=O)N[C@H](Cc1ccccc1)C1CC(O)C1. The molecule has 1 aliphatic rings. The molecule has 1 aliphatic carbocycles. The molecule has 1 amide bonds. The lowest BCUT2D eigenvalue weighted by molar-refractivity contribution is -0.122. The Kier molecular flexibility index (Phi) is 6.15. The first-order valence-electron chi connectivity index (χ1n) is 7.79. The summed E-state index contributed by atoms with van der Waals surface area (Å²) >= 11 is 0. The third-order valence-corrected chi connectivity index (χ3v) is 4.81. The van der Waals surface area contributed by atoms with Crippen LogP contribution in [0.2, 0.25) is 0 Å². The first-order chi connectivity index (χ1) is 10.8. The lowest BCUT2D eigenvalue weighted by atomic mass is 9.75. The second-order valence-corrected chi connectivity index (χ2v) is 8.00. The van der Waals surface area contributed by atoms with Crippen LogP contribution >= 0.6 is 0 Å². The van der Waals surface area contributed by atoms with Crippen LogP contribution in [0.4, 0.5) is 0 Å². The highest BCUT2D eigenvalue weighted by Crippen LogP contribution is 2.31. The summed E-state index contributed by atoms with van der Waals surface area (Å²) in [4.78, 5) is 12.0.